The first kappa shape index (κ1) is 27.6. The van der Waals surface area contributed by atoms with Gasteiger partial charge < -0.3 is 19.9 Å². The van der Waals surface area contributed by atoms with E-state index in [1.807, 2.05) is 24.8 Å². The minimum absolute atomic E-state index is 0.995. The first-order chi connectivity index (χ1) is 23.8. The molecule has 0 radical (unpaired) electrons. The summed E-state index contributed by atoms with van der Waals surface area (Å²) in [6, 6.07) is 46.7. The molecule has 9 rings (SSSR count). The molecule has 6 heteroatoms. The summed E-state index contributed by atoms with van der Waals surface area (Å²) in [5.74, 6) is 0. The van der Waals surface area contributed by atoms with Crippen LogP contribution in [0.1, 0.15) is 45.0 Å². The minimum Gasteiger partial charge on any atom is -0.354 e. The Morgan fingerprint density at radius 1 is 0.271 bits per heavy atom. The Morgan fingerprint density at radius 2 is 0.562 bits per heavy atom. The van der Waals surface area contributed by atoms with Crippen molar-refractivity contribution in [2.45, 2.75) is 0 Å². The van der Waals surface area contributed by atoms with Crippen LogP contribution >= 0.6 is 0 Å². The van der Waals surface area contributed by atoms with Crippen LogP contribution in [0.2, 0.25) is 0 Å². The molecule has 0 unspecified atom stereocenters. The van der Waals surface area contributed by atoms with Crippen LogP contribution in [0.15, 0.2) is 158 Å². The van der Waals surface area contributed by atoms with Crippen molar-refractivity contribution in [3.05, 3.63) is 225 Å². The standard InChI is InChI=1S/C42H30N6/c1-3-7-27(8-4-1)39-31-11-12-32(45-31)40(28-9-5-2-6-10-28)34-14-16-36(47-34)42(30-21-25-44-26-22-30)38-18-17-37(48-38)41(29-19-23-43-24-20-29)35-15-13-33(39)46-35/h1-26,45-48H. The second-order valence-corrected chi connectivity index (χ2v) is 11.8. The first-order valence-electron chi connectivity index (χ1n) is 16.0. The minimum atomic E-state index is 0.995. The van der Waals surface area contributed by atoms with E-state index in [0.29, 0.717) is 0 Å². The van der Waals surface area contributed by atoms with E-state index in [4.69, 9.17) is 0 Å². The summed E-state index contributed by atoms with van der Waals surface area (Å²) in [6.45, 7) is 0. The van der Waals surface area contributed by atoms with Gasteiger partial charge in [-0.3, -0.25) is 9.97 Å². The molecule has 2 aromatic carbocycles. The molecule has 8 aromatic rings. The zero-order chi connectivity index (χ0) is 31.9. The van der Waals surface area contributed by atoms with E-state index in [2.05, 4.69) is 163 Å². The van der Waals surface area contributed by atoms with Crippen LogP contribution in [0.5, 0.6) is 0 Å². The van der Waals surface area contributed by atoms with Gasteiger partial charge in [0.1, 0.15) is 0 Å². The molecule has 0 fully saturated rings. The number of fused-ring (bicyclic) bond motifs is 8. The van der Waals surface area contributed by atoms with Crippen molar-refractivity contribution in [2.75, 3.05) is 0 Å². The van der Waals surface area contributed by atoms with Gasteiger partial charge in [0.15, 0.2) is 0 Å². The largest absolute Gasteiger partial charge is 0.354 e. The number of hydrogen-bond acceptors (Lipinski definition) is 2. The summed E-state index contributed by atoms with van der Waals surface area (Å²) in [7, 11) is 0. The number of benzene rings is 2. The van der Waals surface area contributed by atoms with Crippen LogP contribution in [0.3, 0.4) is 0 Å². The van der Waals surface area contributed by atoms with Gasteiger partial charge in [0.05, 0.1) is 0 Å². The topological polar surface area (TPSA) is 88.9 Å². The van der Waals surface area contributed by atoms with Gasteiger partial charge in [-0.1, -0.05) is 60.7 Å². The van der Waals surface area contributed by atoms with E-state index in [-0.39, 0.29) is 0 Å². The first-order valence-corrected chi connectivity index (χ1v) is 16.0. The lowest BCUT2D eigenvalue weighted by Crippen LogP contribution is -2.19. The highest BCUT2D eigenvalue weighted by molar-refractivity contribution is 5.84. The van der Waals surface area contributed by atoms with Crippen LogP contribution in [0.4, 0.5) is 0 Å². The summed E-state index contributed by atoms with van der Waals surface area (Å²) in [5.41, 5.74) is 12.7. The predicted octanol–water partition coefficient (Wildman–Crippen LogP) is 5.09. The lowest BCUT2D eigenvalue weighted by Gasteiger charge is -2.09. The Balaban J connectivity index is 1.44. The molecule has 1 aliphatic rings. The third-order valence-electron chi connectivity index (χ3n) is 8.96. The summed E-state index contributed by atoms with van der Waals surface area (Å²) >= 11 is 0. The third kappa shape index (κ3) is 4.84. The Hall–Kier alpha value is -6.66. The van der Waals surface area contributed by atoms with Gasteiger partial charge in [-0.05, 0) is 95.1 Å². The lowest BCUT2D eigenvalue weighted by molar-refractivity contribution is 1.18. The molecule has 48 heavy (non-hydrogen) atoms. The fraction of sp³-hybridized carbons (Fsp3) is 0. The van der Waals surface area contributed by atoms with Crippen LogP contribution < -0.4 is 21.4 Å². The predicted molar refractivity (Wildman–Crippen MR) is 189 cm³/mol. The molecular weight excluding hydrogens is 589 g/mol. The van der Waals surface area contributed by atoms with Crippen molar-refractivity contribution in [3.8, 4) is 0 Å². The maximum Gasteiger partial charge on any atom is 0.0485 e. The smallest absolute Gasteiger partial charge is 0.0485 e. The molecule has 8 bridgehead atoms. The molecule has 6 nitrogen and oxygen atoms in total. The van der Waals surface area contributed by atoms with Gasteiger partial charge in [0.2, 0.25) is 0 Å². The number of H-pyrrole nitrogens is 4. The van der Waals surface area contributed by atoms with Crippen LogP contribution in [0, 0.1) is 0 Å². The van der Waals surface area contributed by atoms with Crippen molar-refractivity contribution >= 4 is 22.3 Å². The highest BCUT2D eigenvalue weighted by Gasteiger charge is 2.18. The number of aromatic nitrogens is 6. The molecule has 228 valence electrons. The molecule has 0 atom stereocenters. The van der Waals surface area contributed by atoms with E-state index >= 15 is 0 Å². The average Bonchev–Trinajstić information content (AvgIpc) is 3.98. The van der Waals surface area contributed by atoms with Crippen molar-refractivity contribution < 1.29 is 0 Å². The number of nitrogens with zero attached hydrogens (tertiary/aromatic N) is 2. The average molecular weight is 619 g/mol. The molecule has 4 N–H and O–H groups in total. The molecule has 7 heterocycles. The summed E-state index contributed by atoms with van der Waals surface area (Å²) < 4.78 is 0. The van der Waals surface area contributed by atoms with Crippen molar-refractivity contribution in [1.29, 1.82) is 0 Å². The molecule has 0 saturated carbocycles. The number of hydrogen-bond donors (Lipinski definition) is 4. The summed E-state index contributed by atoms with van der Waals surface area (Å²) in [6.07, 6.45) is 7.36. The van der Waals surface area contributed by atoms with Crippen molar-refractivity contribution in [3.63, 3.8) is 0 Å². The highest BCUT2D eigenvalue weighted by Crippen LogP contribution is 2.27. The number of aromatic amines is 4. The normalized spacial score (nSPS) is 12.8. The van der Waals surface area contributed by atoms with Gasteiger partial charge in [0, 0.05) is 91.3 Å². The van der Waals surface area contributed by atoms with Crippen LogP contribution in [-0.2, 0) is 0 Å². The number of pyridine rings is 2. The summed E-state index contributed by atoms with van der Waals surface area (Å²) in [5, 5.41) is 4.03. The van der Waals surface area contributed by atoms with Crippen LogP contribution in [0.25, 0.3) is 22.3 Å². The molecule has 6 aromatic heterocycles. The van der Waals surface area contributed by atoms with Gasteiger partial charge in [-0.2, -0.15) is 0 Å². The van der Waals surface area contributed by atoms with Gasteiger partial charge in [-0.15, -0.1) is 0 Å². The Labute approximate surface area is 276 Å². The van der Waals surface area contributed by atoms with E-state index < -0.39 is 0 Å². The van der Waals surface area contributed by atoms with Crippen molar-refractivity contribution in [2.24, 2.45) is 0 Å². The van der Waals surface area contributed by atoms with Crippen molar-refractivity contribution in [1.82, 2.24) is 29.9 Å². The fourth-order valence-electron chi connectivity index (χ4n) is 6.82. The van der Waals surface area contributed by atoms with Gasteiger partial charge in [0.25, 0.3) is 0 Å². The fourth-order valence-corrected chi connectivity index (χ4v) is 6.82. The number of rotatable bonds is 4. The zero-order valence-electron chi connectivity index (χ0n) is 25.9. The maximum atomic E-state index is 4.31. The van der Waals surface area contributed by atoms with Gasteiger partial charge in [-0.25, -0.2) is 0 Å². The third-order valence-corrected chi connectivity index (χ3v) is 8.96. The number of nitrogens with one attached hydrogen (secondary N) is 4. The van der Waals surface area contributed by atoms with E-state index in [1.54, 1.807) is 0 Å². The molecule has 0 aliphatic carbocycles. The SMILES string of the molecule is c1ccc(C2=c3ccc([nH]3)=C(c3ccncc3)c3ccc([nH]3)C(c3ccncc3)=c3ccc([nH]3)=C(c3ccccc3)c3ccc2[nH]3)cc1. The Morgan fingerprint density at radius 3 is 0.875 bits per heavy atom. The quantitative estimate of drug-likeness (QED) is 0.222. The lowest BCUT2D eigenvalue weighted by atomic mass is 10.0. The Bertz CT molecular complexity index is 2280. The molecule has 1 aliphatic heterocycles. The second kappa shape index (κ2) is 11.6. The summed E-state index contributed by atoms with van der Waals surface area (Å²) in [4.78, 5) is 23.9. The van der Waals surface area contributed by atoms with Gasteiger partial charge >= 0.3 is 0 Å². The highest BCUT2D eigenvalue weighted by atomic mass is 14.8. The second-order valence-electron chi connectivity index (χ2n) is 11.8. The van der Waals surface area contributed by atoms with E-state index in [1.165, 1.54) is 0 Å². The molecule has 0 saturated heterocycles. The monoisotopic (exact) mass is 618 g/mol. The maximum absolute atomic E-state index is 4.31. The Kier molecular flexibility index (Phi) is 6.68. The van der Waals surface area contributed by atoms with E-state index in [9.17, 15) is 0 Å². The molecule has 0 spiro atoms. The zero-order valence-corrected chi connectivity index (χ0v) is 25.9. The molecular formula is C42H30N6. The van der Waals surface area contributed by atoms with E-state index in [0.717, 1.165) is 88.7 Å². The van der Waals surface area contributed by atoms with Crippen LogP contribution in [-0.4, -0.2) is 29.9 Å². The molecule has 0 amide bonds.